The molecule has 1 aromatic heterocycles. The first kappa shape index (κ1) is 17.0. The topological polar surface area (TPSA) is 67.4 Å². The van der Waals surface area contributed by atoms with Crippen molar-refractivity contribution in [3.8, 4) is 0 Å². The summed E-state index contributed by atoms with van der Waals surface area (Å²) in [6.45, 7) is 4.32. The average Bonchev–Trinajstić information content (AvgIpc) is 3.03. The van der Waals surface area contributed by atoms with Gasteiger partial charge in [0.2, 0.25) is 0 Å². The number of hydrogen-bond acceptors (Lipinski definition) is 5. The van der Waals surface area contributed by atoms with Gasteiger partial charge in [-0.15, -0.1) is 0 Å². The van der Waals surface area contributed by atoms with Crippen molar-refractivity contribution in [2.75, 3.05) is 24.6 Å². The summed E-state index contributed by atoms with van der Waals surface area (Å²) in [5, 5.41) is 3.37. The largest absolute Gasteiger partial charge is 0.447 e. The highest BCUT2D eigenvalue weighted by atomic mass is 16.6. The van der Waals surface area contributed by atoms with Crippen LogP contribution in [-0.4, -0.2) is 41.8 Å². The molecule has 0 unspecified atom stereocenters. The Balaban J connectivity index is 1.61. The van der Waals surface area contributed by atoms with E-state index < -0.39 is 0 Å². The number of hydrogen-bond donors (Lipinski definition) is 1. The number of rotatable bonds is 4. The Kier molecular flexibility index (Phi) is 4.84. The number of cyclic esters (lactones) is 1. The zero-order valence-electron chi connectivity index (χ0n) is 15.0. The van der Waals surface area contributed by atoms with Crippen LogP contribution in [0.3, 0.4) is 0 Å². The molecule has 2 aliphatic rings. The van der Waals surface area contributed by atoms with E-state index in [4.69, 9.17) is 9.72 Å². The van der Waals surface area contributed by atoms with Crippen molar-refractivity contribution in [3.05, 3.63) is 53.5 Å². The Labute approximate surface area is 153 Å². The van der Waals surface area contributed by atoms with Crippen molar-refractivity contribution in [3.63, 3.8) is 0 Å². The highest BCUT2D eigenvalue weighted by Crippen LogP contribution is 2.28. The van der Waals surface area contributed by atoms with E-state index in [2.05, 4.69) is 22.4 Å². The van der Waals surface area contributed by atoms with Crippen molar-refractivity contribution in [1.82, 2.24) is 15.3 Å². The van der Waals surface area contributed by atoms with Gasteiger partial charge in [0.1, 0.15) is 18.2 Å². The molecule has 1 N–H and O–H groups in total. The number of nitrogens with zero attached hydrogens (tertiary/aromatic N) is 3. The monoisotopic (exact) mass is 352 g/mol. The summed E-state index contributed by atoms with van der Waals surface area (Å²) in [5.74, 6) is 1.86. The summed E-state index contributed by atoms with van der Waals surface area (Å²) >= 11 is 0. The van der Waals surface area contributed by atoms with Gasteiger partial charge in [-0.3, -0.25) is 4.90 Å². The molecule has 1 atom stereocenters. The Bertz CT molecular complexity index is 775. The van der Waals surface area contributed by atoms with Gasteiger partial charge in [0.15, 0.2) is 0 Å². The van der Waals surface area contributed by atoms with Crippen molar-refractivity contribution in [2.45, 2.75) is 38.1 Å². The van der Waals surface area contributed by atoms with Gasteiger partial charge in [-0.2, -0.15) is 0 Å². The van der Waals surface area contributed by atoms with Crippen molar-refractivity contribution in [1.29, 1.82) is 0 Å². The van der Waals surface area contributed by atoms with Crippen LogP contribution in [-0.2, 0) is 11.2 Å². The van der Waals surface area contributed by atoms with Crippen LogP contribution in [0.1, 0.15) is 35.8 Å². The predicted octanol–water partition coefficient (Wildman–Crippen LogP) is 2.82. The highest BCUT2D eigenvalue weighted by molar-refractivity contribution is 5.89. The second kappa shape index (κ2) is 7.41. The number of ether oxygens (including phenoxy) is 1. The minimum Gasteiger partial charge on any atom is -0.447 e. The maximum atomic E-state index is 12.4. The summed E-state index contributed by atoms with van der Waals surface area (Å²) in [6, 6.07) is 12.0. The fraction of sp³-hybridized carbons (Fsp3) is 0.450. The fourth-order valence-electron chi connectivity index (χ4n) is 3.74. The Morgan fingerprint density at radius 1 is 1.19 bits per heavy atom. The molecule has 6 nitrogen and oxygen atoms in total. The second-order valence-electron chi connectivity index (χ2n) is 7.04. The number of carbonyl (C=O) groups is 1. The van der Waals surface area contributed by atoms with E-state index in [1.807, 2.05) is 31.2 Å². The third-order valence-corrected chi connectivity index (χ3v) is 5.08. The molecular formula is C20H24N4O2. The maximum absolute atomic E-state index is 12.4. The quantitative estimate of drug-likeness (QED) is 0.916. The standard InChI is InChI=1S/C20H24N4O2/c1-14-11-18(23-19(22-14)16-7-9-21-10-8-16)24-17(13-26-20(24)25)12-15-5-3-2-4-6-15/h2-6,11,16-17,21H,7-10,12-13H2,1H3/t17-/m0/s1. The number of benzene rings is 1. The highest BCUT2D eigenvalue weighted by Gasteiger charge is 2.36. The van der Waals surface area contributed by atoms with Gasteiger partial charge < -0.3 is 10.1 Å². The maximum Gasteiger partial charge on any atom is 0.415 e. The summed E-state index contributed by atoms with van der Waals surface area (Å²) in [7, 11) is 0. The van der Waals surface area contributed by atoms with E-state index >= 15 is 0 Å². The Morgan fingerprint density at radius 3 is 2.73 bits per heavy atom. The number of aromatic nitrogens is 2. The molecule has 136 valence electrons. The van der Waals surface area contributed by atoms with Crippen LogP contribution in [0.25, 0.3) is 0 Å². The SMILES string of the molecule is Cc1cc(N2C(=O)OC[C@@H]2Cc2ccccc2)nc(C2CCNCC2)n1. The number of aryl methyl sites for hydroxylation is 1. The Hall–Kier alpha value is -2.47. The average molecular weight is 352 g/mol. The molecule has 26 heavy (non-hydrogen) atoms. The number of anilines is 1. The van der Waals surface area contributed by atoms with Gasteiger partial charge in [-0.05, 0) is 44.8 Å². The lowest BCUT2D eigenvalue weighted by atomic mass is 9.97. The zero-order valence-corrected chi connectivity index (χ0v) is 15.0. The smallest absolute Gasteiger partial charge is 0.415 e. The first-order valence-electron chi connectivity index (χ1n) is 9.27. The minimum atomic E-state index is -0.319. The fourth-order valence-corrected chi connectivity index (χ4v) is 3.74. The van der Waals surface area contributed by atoms with E-state index in [0.717, 1.165) is 43.9 Å². The van der Waals surface area contributed by atoms with E-state index in [-0.39, 0.29) is 12.1 Å². The number of nitrogens with one attached hydrogen (secondary N) is 1. The van der Waals surface area contributed by atoms with Gasteiger partial charge >= 0.3 is 6.09 Å². The van der Waals surface area contributed by atoms with Crippen LogP contribution >= 0.6 is 0 Å². The molecule has 4 rings (SSSR count). The predicted molar refractivity (Wildman–Crippen MR) is 99.4 cm³/mol. The molecule has 0 saturated carbocycles. The molecule has 6 heteroatoms. The van der Waals surface area contributed by atoms with Crippen molar-refractivity contribution < 1.29 is 9.53 Å². The molecule has 2 fully saturated rings. The summed E-state index contributed by atoms with van der Waals surface area (Å²) in [5.41, 5.74) is 2.08. The van der Waals surface area contributed by atoms with E-state index in [0.29, 0.717) is 18.3 Å². The third kappa shape index (κ3) is 3.55. The summed E-state index contributed by atoms with van der Waals surface area (Å²) in [4.78, 5) is 23.5. The van der Waals surface area contributed by atoms with Gasteiger partial charge in [-0.1, -0.05) is 30.3 Å². The van der Waals surface area contributed by atoms with Gasteiger partial charge in [0.25, 0.3) is 0 Å². The van der Waals surface area contributed by atoms with Crippen LogP contribution < -0.4 is 10.2 Å². The molecule has 1 aromatic carbocycles. The van der Waals surface area contributed by atoms with Gasteiger partial charge in [0, 0.05) is 17.7 Å². The van der Waals surface area contributed by atoms with Crippen molar-refractivity contribution in [2.24, 2.45) is 0 Å². The molecular weight excluding hydrogens is 328 g/mol. The first-order chi connectivity index (χ1) is 12.7. The molecule has 0 radical (unpaired) electrons. The molecule has 3 heterocycles. The second-order valence-corrected chi connectivity index (χ2v) is 7.04. The lowest BCUT2D eigenvalue weighted by Gasteiger charge is -2.25. The summed E-state index contributed by atoms with van der Waals surface area (Å²) < 4.78 is 5.35. The molecule has 2 aromatic rings. The molecule has 2 saturated heterocycles. The normalized spacial score (nSPS) is 21.0. The molecule has 0 aliphatic carbocycles. The van der Waals surface area contributed by atoms with Crippen molar-refractivity contribution >= 4 is 11.9 Å². The van der Waals surface area contributed by atoms with Gasteiger partial charge in [-0.25, -0.2) is 14.8 Å². The minimum absolute atomic E-state index is 0.0416. The van der Waals surface area contributed by atoms with Crippen LogP contribution in [0.5, 0.6) is 0 Å². The molecule has 1 amide bonds. The number of amides is 1. The van der Waals surface area contributed by atoms with Crippen LogP contribution in [0.2, 0.25) is 0 Å². The van der Waals surface area contributed by atoms with E-state index in [9.17, 15) is 4.79 Å². The molecule has 0 spiro atoms. The van der Waals surface area contributed by atoms with Crippen LogP contribution in [0, 0.1) is 6.92 Å². The van der Waals surface area contributed by atoms with E-state index in [1.165, 1.54) is 5.56 Å². The first-order valence-corrected chi connectivity index (χ1v) is 9.27. The number of piperidine rings is 1. The third-order valence-electron chi connectivity index (χ3n) is 5.08. The van der Waals surface area contributed by atoms with Gasteiger partial charge in [0.05, 0.1) is 6.04 Å². The lowest BCUT2D eigenvalue weighted by Crippen LogP contribution is -2.36. The Morgan fingerprint density at radius 2 is 1.96 bits per heavy atom. The molecule has 0 bridgehead atoms. The molecule has 2 aliphatic heterocycles. The van der Waals surface area contributed by atoms with Crippen LogP contribution in [0.4, 0.5) is 10.6 Å². The number of carbonyl (C=O) groups excluding carboxylic acids is 1. The lowest BCUT2D eigenvalue weighted by molar-refractivity contribution is 0.178. The summed E-state index contributed by atoms with van der Waals surface area (Å²) in [6.07, 6.45) is 2.49. The van der Waals surface area contributed by atoms with E-state index in [1.54, 1.807) is 4.90 Å². The van der Waals surface area contributed by atoms with Crippen LogP contribution in [0.15, 0.2) is 36.4 Å². The zero-order chi connectivity index (χ0) is 17.9.